The maximum Gasteiger partial charge on any atom is 0.256 e. The molecule has 0 saturated heterocycles. The van der Waals surface area contributed by atoms with Crippen LogP contribution < -0.4 is 10.1 Å². The van der Waals surface area contributed by atoms with Gasteiger partial charge < -0.3 is 10.1 Å². The third-order valence-electron chi connectivity index (χ3n) is 4.21. The number of halogens is 2. The summed E-state index contributed by atoms with van der Waals surface area (Å²) < 4.78 is 19.2. The number of nitrogens with zero attached hydrogens (tertiary/aromatic N) is 1. The van der Waals surface area contributed by atoms with Gasteiger partial charge in [0.05, 0.1) is 6.61 Å². The second-order valence-electron chi connectivity index (χ2n) is 5.90. The number of fused-ring (bicyclic) bond motifs is 1. The highest BCUT2D eigenvalue weighted by atomic mass is 35.5. The van der Waals surface area contributed by atoms with Gasteiger partial charge in [-0.05, 0) is 42.0 Å². The fourth-order valence-electron chi connectivity index (χ4n) is 2.96. The van der Waals surface area contributed by atoms with E-state index in [0.29, 0.717) is 35.2 Å². The molecule has 4 rings (SSSR count). The predicted octanol–water partition coefficient (Wildman–Crippen LogP) is 4.73. The quantitative estimate of drug-likeness (QED) is 0.727. The number of aromatic nitrogens is 1. The van der Waals surface area contributed by atoms with E-state index in [0.717, 1.165) is 16.7 Å². The Balaban J connectivity index is 1.67. The van der Waals surface area contributed by atoms with E-state index in [1.807, 2.05) is 6.07 Å². The van der Waals surface area contributed by atoms with E-state index in [1.54, 1.807) is 36.5 Å². The Morgan fingerprint density at radius 1 is 1.19 bits per heavy atom. The molecule has 0 bridgehead atoms. The highest BCUT2D eigenvalue weighted by Crippen LogP contribution is 2.39. The number of rotatable bonds is 3. The van der Waals surface area contributed by atoms with E-state index >= 15 is 0 Å². The molecule has 26 heavy (non-hydrogen) atoms. The van der Waals surface area contributed by atoms with Gasteiger partial charge in [-0.1, -0.05) is 23.7 Å². The second-order valence-corrected chi connectivity index (χ2v) is 6.33. The smallest absolute Gasteiger partial charge is 0.256 e. The number of ether oxygens (including phenoxy) is 1. The van der Waals surface area contributed by atoms with Crippen LogP contribution in [0.25, 0.3) is 11.1 Å². The Hall–Kier alpha value is -2.92. The van der Waals surface area contributed by atoms with Crippen LogP contribution in [0.5, 0.6) is 5.75 Å². The molecule has 0 aliphatic carbocycles. The van der Waals surface area contributed by atoms with Crippen molar-refractivity contribution in [1.82, 2.24) is 4.98 Å². The summed E-state index contributed by atoms with van der Waals surface area (Å²) in [7, 11) is 0. The van der Waals surface area contributed by atoms with Crippen molar-refractivity contribution in [2.24, 2.45) is 0 Å². The highest BCUT2D eigenvalue weighted by molar-refractivity contribution is 6.30. The molecule has 2 heterocycles. The van der Waals surface area contributed by atoms with Gasteiger partial charge >= 0.3 is 0 Å². The lowest BCUT2D eigenvalue weighted by molar-refractivity contribution is 0.102. The lowest BCUT2D eigenvalue weighted by Crippen LogP contribution is -2.13. The summed E-state index contributed by atoms with van der Waals surface area (Å²) in [5.41, 5.74) is 2.92. The number of hydrogen-bond donors (Lipinski definition) is 1. The molecule has 1 aliphatic heterocycles. The summed E-state index contributed by atoms with van der Waals surface area (Å²) in [6.07, 6.45) is 2.31. The summed E-state index contributed by atoms with van der Waals surface area (Å²) in [4.78, 5) is 16.8. The van der Waals surface area contributed by atoms with Crippen LogP contribution in [0.4, 0.5) is 10.2 Å². The van der Waals surface area contributed by atoms with Crippen LogP contribution in [-0.2, 0) is 6.42 Å². The minimum Gasteiger partial charge on any atom is -0.489 e. The molecule has 2 aromatic carbocycles. The first-order valence-corrected chi connectivity index (χ1v) is 8.47. The molecule has 1 aliphatic rings. The van der Waals surface area contributed by atoms with Crippen molar-refractivity contribution in [3.05, 3.63) is 76.7 Å². The summed E-state index contributed by atoms with van der Waals surface area (Å²) in [5, 5.41) is 3.33. The lowest BCUT2D eigenvalue weighted by Gasteiger charge is -2.12. The summed E-state index contributed by atoms with van der Waals surface area (Å²) in [5.74, 6) is 0.285. The standard InChI is InChI=1S/C20H14ClFN2O2/c21-14-6-4-12(5-7-14)20(25)24-19-18-16(8-9-26-18)17(11-23-19)13-2-1-3-15(22)10-13/h1-7,10-11H,8-9H2,(H,23,24,25). The third-order valence-corrected chi connectivity index (χ3v) is 4.46. The number of nitrogens with one attached hydrogen (secondary N) is 1. The van der Waals surface area contributed by atoms with Gasteiger partial charge in [-0.2, -0.15) is 0 Å². The molecule has 0 fully saturated rings. The van der Waals surface area contributed by atoms with Gasteiger partial charge in [-0.3, -0.25) is 4.79 Å². The Morgan fingerprint density at radius 3 is 2.77 bits per heavy atom. The van der Waals surface area contributed by atoms with Crippen LogP contribution in [0.3, 0.4) is 0 Å². The van der Waals surface area contributed by atoms with Gasteiger partial charge in [0, 0.05) is 34.3 Å². The van der Waals surface area contributed by atoms with Crippen LogP contribution in [0.15, 0.2) is 54.7 Å². The molecular formula is C20H14ClFN2O2. The fourth-order valence-corrected chi connectivity index (χ4v) is 3.09. The second kappa shape index (κ2) is 6.77. The minimum absolute atomic E-state index is 0.301. The van der Waals surface area contributed by atoms with Crippen LogP contribution in [-0.4, -0.2) is 17.5 Å². The molecule has 0 spiro atoms. The van der Waals surface area contributed by atoms with Crippen molar-refractivity contribution in [2.45, 2.75) is 6.42 Å². The van der Waals surface area contributed by atoms with Gasteiger partial charge in [-0.25, -0.2) is 9.37 Å². The van der Waals surface area contributed by atoms with Gasteiger partial charge in [-0.15, -0.1) is 0 Å². The lowest BCUT2D eigenvalue weighted by atomic mass is 10.00. The molecule has 130 valence electrons. The Kier molecular flexibility index (Phi) is 4.31. The zero-order chi connectivity index (χ0) is 18.1. The van der Waals surface area contributed by atoms with E-state index in [2.05, 4.69) is 10.3 Å². The molecule has 0 unspecified atom stereocenters. The molecule has 1 aromatic heterocycles. The van der Waals surface area contributed by atoms with E-state index < -0.39 is 0 Å². The number of hydrogen-bond acceptors (Lipinski definition) is 3. The predicted molar refractivity (Wildman–Crippen MR) is 98.2 cm³/mol. The molecule has 4 nitrogen and oxygen atoms in total. The van der Waals surface area contributed by atoms with E-state index in [1.165, 1.54) is 12.1 Å². The van der Waals surface area contributed by atoms with Crippen molar-refractivity contribution < 1.29 is 13.9 Å². The summed E-state index contributed by atoms with van der Waals surface area (Å²) in [6, 6.07) is 12.9. The Bertz CT molecular complexity index is 990. The SMILES string of the molecule is O=C(Nc1ncc(-c2cccc(F)c2)c2c1OCC2)c1ccc(Cl)cc1. The number of amides is 1. The third kappa shape index (κ3) is 3.13. The van der Waals surface area contributed by atoms with E-state index in [9.17, 15) is 9.18 Å². The van der Waals surface area contributed by atoms with Gasteiger partial charge in [0.2, 0.25) is 0 Å². The number of benzene rings is 2. The van der Waals surface area contributed by atoms with Crippen LogP contribution >= 0.6 is 11.6 Å². The van der Waals surface area contributed by atoms with Crippen molar-refractivity contribution in [3.63, 3.8) is 0 Å². The first-order chi connectivity index (χ1) is 12.6. The molecule has 1 N–H and O–H groups in total. The fraction of sp³-hybridized carbons (Fsp3) is 0.100. The monoisotopic (exact) mass is 368 g/mol. The van der Waals surface area contributed by atoms with Crippen LogP contribution in [0, 0.1) is 5.82 Å². The minimum atomic E-state index is -0.310. The number of anilines is 1. The zero-order valence-electron chi connectivity index (χ0n) is 13.6. The van der Waals surface area contributed by atoms with E-state index in [4.69, 9.17) is 16.3 Å². The van der Waals surface area contributed by atoms with Crippen molar-refractivity contribution >= 4 is 23.3 Å². The first kappa shape index (κ1) is 16.5. The van der Waals surface area contributed by atoms with Crippen molar-refractivity contribution in [2.75, 3.05) is 11.9 Å². The van der Waals surface area contributed by atoms with Gasteiger partial charge in [0.1, 0.15) is 5.82 Å². The average molecular weight is 369 g/mol. The van der Waals surface area contributed by atoms with Crippen LogP contribution in [0.2, 0.25) is 5.02 Å². The molecule has 3 aromatic rings. The van der Waals surface area contributed by atoms with E-state index in [-0.39, 0.29) is 11.7 Å². The molecule has 0 atom stereocenters. The van der Waals surface area contributed by atoms with Gasteiger partial charge in [0.25, 0.3) is 5.91 Å². The maximum atomic E-state index is 13.6. The molecule has 1 amide bonds. The summed E-state index contributed by atoms with van der Waals surface area (Å²) in [6.45, 7) is 0.493. The summed E-state index contributed by atoms with van der Waals surface area (Å²) >= 11 is 5.85. The molecule has 6 heteroatoms. The maximum absolute atomic E-state index is 13.6. The normalized spacial score (nSPS) is 12.4. The van der Waals surface area contributed by atoms with Crippen molar-refractivity contribution in [3.8, 4) is 16.9 Å². The molecule has 0 radical (unpaired) electrons. The Morgan fingerprint density at radius 2 is 2.00 bits per heavy atom. The first-order valence-electron chi connectivity index (χ1n) is 8.09. The highest BCUT2D eigenvalue weighted by Gasteiger charge is 2.23. The van der Waals surface area contributed by atoms with Crippen molar-refractivity contribution in [1.29, 1.82) is 0 Å². The molecule has 0 saturated carbocycles. The average Bonchev–Trinajstić information content (AvgIpc) is 3.12. The topological polar surface area (TPSA) is 51.2 Å². The van der Waals surface area contributed by atoms with Gasteiger partial charge in [0.15, 0.2) is 11.6 Å². The Labute approximate surface area is 154 Å². The molecular weight excluding hydrogens is 355 g/mol. The number of carbonyl (C=O) groups excluding carboxylic acids is 1. The van der Waals surface area contributed by atoms with Crippen LogP contribution in [0.1, 0.15) is 15.9 Å². The number of pyridine rings is 1. The largest absolute Gasteiger partial charge is 0.489 e. The zero-order valence-corrected chi connectivity index (χ0v) is 14.4. The number of carbonyl (C=O) groups is 1.